The van der Waals surface area contributed by atoms with Crippen LogP contribution in [0.4, 0.5) is 16.2 Å². The first-order valence-corrected chi connectivity index (χ1v) is 8.24. The lowest BCUT2D eigenvalue weighted by molar-refractivity contribution is 0.0635. The van der Waals surface area contributed by atoms with Gasteiger partial charge in [-0.05, 0) is 63.6 Å². The molecule has 138 valence electrons. The molecular formula is C20H24N2O4. The Labute approximate surface area is 153 Å². The van der Waals surface area contributed by atoms with Crippen LogP contribution in [0.25, 0.3) is 0 Å². The van der Waals surface area contributed by atoms with Crippen molar-refractivity contribution in [3.63, 3.8) is 0 Å². The molecule has 0 saturated carbocycles. The molecule has 2 aromatic carbocycles. The second-order valence-corrected chi connectivity index (χ2v) is 6.87. The van der Waals surface area contributed by atoms with Gasteiger partial charge in [-0.15, -0.1) is 0 Å². The molecule has 0 bridgehead atoms. The van der Waals surface area contributed by atoms with Crippen molar-refractivity contribution in [2.75, 3.05) is 17.7 Å². The summed E-state index contributed by atoms with van der Waals surface area (Å²) in [6, 6.07) is 12.2. The second-order valence-electron chi connectivity index (χ2n) is 6.87. The number of methoxy groups -OCH3 is 1. The van der Waals surface area contributed by atoms with Crippen LogP contribution in [0.5, 0.6) is 5.75 Å². The fourth-order valence-corrected chi connectivity index (χ4v) is 2.27. The van der Waals surface area contributed by atoms with Gasteiger partial charge < -0.3 is 14.8 Å². The van der Waals surface area contributed by atoms with E-state index < -0.39 is 11.7 Å². The van der Waals surface area contributed by atoms with E-state index in [9.17, 15) is 9.59 Å². The molecule has 2 aromatic rings. The van der Waals surface area contributed by atoms with Crippen molar-refractivity contribution in [1.82, 2.24) is 0 Å². The molecule has 2 amide bonds. The van der Waals surface area contributed by atoms with Gasteiger partial charge in [-0.3, -0.25) is 10.1 Å². The summed E-state index contributed by atoms with van der Waals surface area (Å²) in [6.45, 7) is 7.28. The van der Waals surface area contributed by atoms with Crippen molar-refractivity contribution in [2.24, 2.45) is 0 Å². The largest absolute Gasteiger partial charge is 0.495 e. The van der Waals surface area contributed by atoms with Crippen molar-refractivity contribution in [2.45, 2.75) is 33.3 Å². The first kappa shape index (κ1) is 19.3. The smallest absolute Gasteiger partial charge is 0.412 e. The van der Waals surface area contributed by atoms with E-state index in [2.05, 4.69) is 10.6 Å². The molecule has 6 heteroatoms. The van der Waals surface area contributed by atoms with Gasteiger partial charge in [0.05, 0.1) is 12.8 Å². The highest BCUT2D eigenvalue weighted by Gasteiger charge is 2.17. The van der Waals surface area contributed by atoms with E-state index in [1.165, 1.54) is 0 Å². The summed E-state index contributed by atoms with van der Waals surface area (Å²) < 4.78 is 10.5. The van der Waals surface area contributed by atoms with E-state index in [-0.39, 0.29) is 5.91 Å². The summed E-state index contributed by atoms with van der Waals surface area (Å²) in [7, 11) is 1.55. The molecule has 0 aliphatic heterocycles. The molecule has 0 heterocycles. The predicted molar refractivity (Wildman–Crippen MR) is 102 cm³/mol. The number of ether oxygens (including phenoxy) is 2. The number of carbonyl (C=O) groups excluding carboxylic acids is 2. The molecular weight excluding hydrogens is 332 g/mol. The first-order valence-electron chi connectivity index (χ1n) is 8.24. The maximum atomic E-state index is 12.5. The van der Waals surface area contributed by atoms with Crippen LogP contribution in [0.1, 0.15) is 36.7 Å². The number of hydrogen-bond acceptors (Lipinski definition) is 4. The van der Waals surface area contributed by atoms with E-state index in [0.29, 0.717) is 22.7 Å². The highest BCUT2D eigenvalue weighted by molar-refractivity contribution is 6.06. The first-order chi connectivity index (χ1) is 12.2. The topological polar surface area (TPSA) is 76.7 Å². The predicted octanol–water partition coefficient (Wildman–Crippen LogP) is 4.60. The van der Waals surface area contributed by atoms with E-state index in [1.807, 2.05) is 19.1 Å². The van der Waals surface area contributed by atoms with Gasteiger partial charge in [0.15, 0.2) is 0 Å². The number of hydrogen-bond donors (Lipinski definition) is 2. The summed E-state index contributed by atoms with van der Waals surface area (Å²) in [5.41, 5.74) is 1.87. The summed E-state index contributed by atoms with van der Waals surface area (Å²) in [5.74, 6) is 0.272. The van der Waals surface area contributed by atoms with Crippen molar-refractivity contribution < 1.29 is 19.1 Å². The minimum atomic E-state index is -0.596. The molecule has 0 fully saturated rings. The molecule has 0 spiro atoms. The average molecular weight is 356 g/mol. The summed E-state index contributed by atoms with van der Waals surface area (Å²) in [6.07, 6.45) is -0.574. The summed E-state index contributed by atoms with van der Waals surface area (Å²) in [5, 5.41) is 5.45. The molecule has 6 nitrogen and oxygen atoms in total. The van der Waals surface area contributed by atoms with Crippen LogP contribution in [0.2, 0.25) is 0 Å². The van der Waals surface area contributed by atoms with Crippen LogP contribution in [-0.4, -0.2) is 24.7 Å². The zero-order chi connectivity index (χ0) is 19.3. The van der Waals surface area contributed by atoms with E-state index in [4.69, 9.17) is 9.47 Å². The Morgan fingerprint density at radius 2 is 1.73 bits per heavy atom. The molecule has 0 aromatic heterocycles. The number of carbonyl (C=O) groups is 2. The molecule has 0 radical (unpaired) electrons. The minimum Gasteiger partial charge on any atom is -0.495 e. The van der Waals surface area contributed by atoms with Gasteiger partial charge in [-0.1, -0.05) is 12.1 Å². The zero-order valence-electron chi connectivity index (χ0n) is 15.7. The van der Waals surface area contributed by atoms with Crippen molar-refractivity contribution in [3.8, 4) is 5.75 Å². The standard InChI is InChI=1S/C20H24N2O4/c1-13-9-10-17(25-5)16(11-13)22-18(23)14-7-6-8-15(12-14)21-19(24)26-20(2,3)4/h6-12H,1-5H3,(H,21,24)(H,22,23). The maximum Gasteiger partial charge on any atom is 0.412 e. The Kier molecular flexibility index (Phi) is 5.87. The second kappa shape index (κ2) is 7.91. The van der Waals surface area contributed by atoms with Gasteiger partial charge >= 0.3 is 6.09 Å². The monoisotopic (exact) mass is 356 g/mol. The van der Waals surface area contributed by atoms with Gasteiger partial charge in [-0.2, -0.15) is 0 Å². The summed E-state index contributed by atoms with van der Waals surface area (Å²) in [4.78, 5) is 24.4. The van der Waals surface area contributed by atoms with Crippen LogP contribution in [0.15, 0.2) is 42.5 Å². The minimum absolute atomic E-state index is 0.304. The van der Waals surface area contributed by atoms with Crippen LogP contribution in [0.3, 0.4) is 0 Å². The fourth-order valence-electron chi connectivity index (χ4n) is 2.27. The van der Waals surface area contributed by atoms with Gasteiger partial charge in [-0.25, -0.2) is 4.79 Å². The number of nitrogens with one attached hydrogen (secondary N) is 2. The molecule has 0 unspecified atom stereocenters. The maximum absolute atomic E-state index is 12.5. The SMILES string of the molecule is COc1ccc(C)cc1NC(=O)c1cccc(NC(=O)OC(C)(C)C)c1. The van der Waals surface area contributed by atoms with Gasteiger partial charge in [0.1, 0.15) is 11.4 Å². The van der Waals surface area contributed by atoms with Crippen LogP contribution in [0, 0.1) is 6.92 Å². The highest BCUT2D eigenvalue weighted by Crippen LogP contribution is 2.26. The summed E-state index contributed by atoms with van der Waals surface area (Å²) >= 11 is 0. The number of benzene rings is 2. The lowest BCUT2D eigenvalue weighted by atomic mass is 10.1. The number of anilines is 2. The Bertz CT molecular complexity index is 810. The van der Waals surface area contributed by atoms with Gasteiger partial charge in [0.25, 0.3) is 5.91 Å². The van der Waals surface area contributed by atoms with Crippen LogP contribution < -0.4 is 15.4 Å². The molecule has 26 heavy (non-hydrogen) atoms. The van der Waals surface area contributed by atoms with Crippen molar-refractivity contribution in [3.05, 3.63) is 53.6 Å². The lowest BCUT2D eigenvalue weighted by Crippen LogP contribution is -2.27. The van der Waals surface area contributed by atoms with Crippen molar-refractivity contribution >= 4 is 23.4 Å². The third kappa shape index (κ3) is 5.51. The molecule has 0 aliphatic carbocycles. The molecule has 0 aliphatic rings. The van der Waals surface area contributed by atoms with Gasteiger partial charge in [0.2, 0.25) is 0 Å². The third-order valence-electron chi connectivity index (χ3n) is 3.37. The Morgan fingerprint density at radius 3 is 2.38 bits per heavy atom. The van der Waals surface area contributed by atoms with Crippen LogP contribution >= 0.6 is 0 Å². The average Bonchev–Trinajstić information content (AvgIpc) is 2.53. The Hall–Kier alpha value is -3.02. The highest BCUT2D eigenvalue weighted by atomic mass is 16.6. The third-order valence-corrected chi connectivity index (χ3v) is 3.37. The Balaban J connectivity index is 2.13. The van der Waals surface area contributed by atoms with E-state index in [0.717, 1.165) is 5.56 Å². The van der Waals surface area contributed by atoms with Gasteiger partial charge in [0, 0.05) is 11.3 Å². The molecule has 0 saturated heterocycles. The molecule has 0 atom stereocenters. The lowest BCUT2D eigenvalue weighted by Gasteiger charge is -2.19. The quantitative estimate of drug-likeness (QED) is 0.839. The van der Waals surface area contributed by atoms with Crippen molar-refractivity contribution in [1.29, 1.82) is 0 Å². The number of rotatable bonds is 4. The fraction of sp³-hybridized carbons (Fsp3) is 0.300. The Morgan fingerprint density at radius 1 is 1.00 bits per heavy atom. The molecule has 2 N–H and O–H groups in total. The molecule has 2 rings (SSSR count). The number of aryl methyl sites for hydroxylation is 1. The zero-order valence-corrected chi connectivity index (χ0v) is 15.7. The van der Waals surface area contributed by atoms with E-state index >= 15 is 0 Å². The number of amides is 2. The normalized spacial score (nSPS) is 10.8. The van der Waals surface area contributed by atoms with Crippen LogP contribution in [-0.2, 0) is 4.74 Å². The van der Waals surface area contributed by atoms with E-state index in [1.54, 1.807) is 58.2 Å².